The molecule has 0 aliphatic carbocycles. The highest BCUT2D eigenvalue weighted by Crippen LogP contribution is 2.20. The highest BCUT2D eigenvalue weighted by Gasteiger charge is 2.05. The zero-order valence-corrected chi connectivity index (χ0v) is 12.7. The molecule has 2 rings (SSSR count). The fraction of sp³-hybridized carbons (Fsp3) is 0.375. The Kier molecular flexibility index (Phi) is 5.36. The summed E-state index contributed by atoms with van der Waals surface area (Å²) in [6.45, 7) is 5.36. The van der Waals surface area contributed by atoms with Crippen molar-refractivity contribution in [2.24, 2.45) is 5.92 Å². The minimum atomic E-state index is 0.463. The number of nitrogens with zero attached hydrogens (tertiary/aromatic N) is 2. The minimum absolute atomic E-state index is 0.463. The van der Waals surface area contributed by atoms with Crippen molar-refractivity contribution in [1.29, 1.82) is 0 Å². The van der Waals surface area contributed by atoms with E-state index in [1.807, 2.05) is 30.3 Å². The largest absolute Gasteiger partial charge is 0.370 e. The van der Waals surface area contributed by atoms with Gasteiger partial charge in [0.25, 0.3) is 0 Å². The second-order valence-electron chi connectivity index (χ2n) is 5.23. The first-order valence-corrected chi connectivity index (χ1v) is 7.37. The van der Waals surface area contributed by atoms with E-state index >= 15 is 0 Å². The van der Waals surface area contributed by atoms with E-state index in [0.29, 0.717) is 11.0 Å². The number of hydrogen-bond donors (Lipinski definition) is 1. The smallest absolute Gasteiger partial charge is 0.163 e. The van der Waals surface area contributed by atoms with E-state index in [-0.39, 0.29) is 0 Å². The normalized spacial score (nSPS) is 10.8. The molecule has 0 radical (unpaired) electrons. The fourth-order valence-corrected chi connectivity index (χ4v) is 2.13. The summed E-state index contributed by atoms with van der Waals surface area (Å²) in [5, 5.41) is 3.78. The van der Waals surface area contributed by atoms with Crippen LogP contribution >= 0.6 is 11.6 Å². The van der Waals surface area contributed by atoms with Crippen molar-refractivity contribution < 1.29 is 0 Å². The van der Waals surface area contributed by atoms with Crippen molar-refractivity contribution in [3.05, 3.63) is 41.6 Å². The molecule has 1 N–H and O–H groups in total. The van der Waals surface area contributed by atoms with Gasteiger partial charge >= 0.3 is 0 Å². The number of aromatic nitrogens is 2. The number of nitrogens with one attached hydrogen (secondary N) is 1. The first-order chi connectivity index (χ1) is 9.65. The molecular formula is C16H20ClN3. The molecule has 1 heterocycles. The molecule has 2 aromatic rings. The second-order valence-corrected chi connectivity index (χ2v) is 5.62. The Morgan fingerprint density at radius 3 is 2.60 bits per heavy atom. The van der Waals surface area contributed by atoms with E-state index in [1.165, 1.54) is 6.42 Å². The number of halogens is 1. The van der Waals surface area contributed by atoms with Gasteiger partial charge in [-0.2, -0.15) is 0 Å². The summed E-state index contributed by atoms with van der Waals surface area (Å²) >= 11 is 6.07. The van der Waals surface area contributed by atoms with Gasteiger partial charge in [0.2, 0.25) is 0 Å². The lowest BCUT2D eigenvalue weighted by Gasteiger charge is -2.09. The summed E-state index contributed by atoms with van der Waals surface area (Å²) in [7, 11) is 0. The number of anilines is 1. The average molecular weight is 290 g/mol. The third kappa shape index (κ3) is 4.49. The van der Waals surface area contributed by atoms with Crippen LogP contribution in [0.4, 0.5) is 5.82 Å². The quantitative estimate of drug-likeness (QED) is 0.621. The molecule has 0 aliphatic heterocycles. The van der Waals surface area contributed by atoms with E-state index in [1.54, 1.807) is 6.07 Å². The van der Waals surface area contributed by atoms with Crippen LogP contribution < -0.4 is 5.32 Å². The van der Waals surface area contributed by atoms with Crippen LogP contribution in [0.1, 0.15) is 26.7 Å². The predicted octanol–water partition coefficient (Wildman–Crippen LogP) is 4.65. The van der Waals surface area contributed by atoms with Gasteiger partial charge in [-0.15, -0.1) is 0 Å². The summed E-state index contributed by atoms with van der Waals surface area (Å²) in [5.74, 6) is 2.17. The van der Waals surface area contributed by atoms with Crippen LogP contribution in [-0.4, -0.2) is 16.5 Å². The van der Waals surface area contributed by atoms with Gasteiger partial charge in [0.15, 0.2) is 5.82 Å². The summed E-state index contributed by atoms with van der Waals surface area (Å²) in [5.41, 5.74) is 0.972. The van der Waals surface area contributed by atoms with Crippen LogP contribution in [0.25, 0.3) is 11.4 Å². The lowest BCUT2D eigenvalue weighted by atomic mass is 10.1. The summed E-state index contributed by atoms with van der Waals surface area (Å²) in [4.78, 5) is 8.79. The van der Waals surface area contributed by atoms with E-state index in [4.69, 9.17) is 11.6 Å². The van der Waals surface area contributed by atoms with Crippen molar-refractivity contribution in [3.63, 3.8) is 0 Å². The van der Waals surface area contributed by atoms with E-state index in [2.05, 4.69) is 29.1 Å². The molecule has 0 aliphatic rings. The van der Waals surface area contributed by atoms with Crippen LogP contribution in [0.15, 0.2) is 36.4 Å². The molecule has 0 bridgehead atoms. The van der Waals surface area contributed by atoms with Crippen LogP contribution in [0, 0.1) is 5.92 Å². The highest BCUT2D eigenvalue weighted by molar-refractivity contribution is 6.29. The molecule has 0 amide bonds. The molecular weight excluding hydrogens is 270 g/mol. The molecule has 106 valence electrons. The molecule has 0 saturated heterocycles. The SMILES string of the molecule is CC(C)CCCNc1cc(Cl)nc(-c2ccccc2)n1. The average Bonchev–Trinajstić information content (AvgIpc) is 2.44. The van der Waals surface area contributed by atoms with Gasteiger partial charge in [-0.3, -0.25) is 0 Å². The van der Waals surface area contributed by atoms with Gasteiger partial charge in [-0.1, -0.05) is 55.8 Å². The third-order valence-electron chi connectivity index (χ3n) is 2.99. The van der Waals surface area contributed by atoms with Crippen LogP contribution in [-0.2, 0) is 0 Å². The molecule has 4 heteroatoms. The van der Waals surface area contributed by atoms with Crippen LogP contribution in [0.5, 0.6) is 0 Å². The van der Waals surface area contributed by atoms with E-state index < -0.39 is 0 Å². The number of benzene rings is 1. The van der Waals surface area contributed by atoms with Crippen molar-refractivity contribution in [3.8, 4) is 11.4 Å². The molecule has 0 fully saturated rings. The Morgan fingerprint density at radius 1 is 1.15 bits per heavy atom. The lowest BCUT2D eigenvalue weighted by molar-refractivity contribution is 0.566. The van der Waals surface area contributed by atoms with E-state index in [9.17, 15) is 0 Å². The summed E-state index contributed by atoms with van der Waals surface area (Å²) in [6, 6.07) is 11.6. The van der Waals surface area contributed by atoms with Gasteiger partial charge in [0.05, 0.1) is 0 Å². The first-order valence-electron chi connectivity index (χ1n) is 6.99. The molecule has 1 aromatic heterocycles. The fourth-order valence-electron chi connectivity index (χ4n) is 1.95. The molecule has 1 aromatic carbocycles. The summed E-state index contributed by atoms with van der Waals surface area (Å²) < 4.78 is 0. The Morgan fingerprint density at radius 2 is 1.90 bits per heavy atom. The van der Waals surface area contributed by atoms with Crippen molar-refractivity contribution >= 4 is 17.4 Å². The zero-order chi connectivity index (χ0) is 14.4. The molecule has 0 spiro atoms. The number of rotatable bonds is 6. The maximum absolute atomic E-state index is 6.07. The van der Waals surface area contributed by atoms with Gasteiger partial charge in [0.1, 0.15) is 11.0 Å². The van der Waals surface area contributed by atoms with Gasteiger partial charge in [-0.25, -0.2) is 9.97 Å². The van der Waals surface area contributed by atoms with E-state index in [0.717, 1.165) is 30.3 Å². The first kappa shape index (κ1) is 14.8. The maximum atomic E-state index is 6.07. The Bertz CT molecular complexity index is 541. The minimum Gasteiger partial charge on any atom is -0.370 e. The van der Waals surface area contributed by atoms with Crippen LogP contribution in [0.3, 0.4) is 0 Å². The summed E-state index contributed by atoms with van der Waals surface area (Å²) in [6.07, 6.45) is 2.33. The molecule has 20 heavy (non-hydrogen) atoms. The van der Waals surface area contributed by atoms with Gasteiger partial charge < -0.3 is 5.32 Å². The van der Waals surface area contributed by atoms with Crippen molar-refractivity contribution in [2.75, 3.05) is 11.9 Å². The van der Waals surface area contributed by atoms with Gasteiger partial charge in [0, 0.05) is 18.2 Å². The van der Waals surface area contributed by atoms with Crippen molar-refractivity contribution in [2.45, 2.75) is 26.7 Å². The Labute approximate surface area is 125 Å². The topological polar surface area (TPSA) is 37.8 Å². The molecule has 3 nitrogen and oxygen atoms in total. The third-order valence-corrected chi connectivity index (χ3v) is 3.18. The second kappa shape index (κ2) is 7.25. The van der Waals surface area contributed by atoms with Gasteiger partial charge in [-0.05, 0) is 18.8 Å². The Balaban J connectivity index is 2.05. The standard InChI is InChI=1S/C16H20ClN3/c1-12(2)7-6-10-18-15-11-14(17)19-16(20-15)13-8-4-3-5-9-13/h3-5,8-9,11-12H,6-7,10H2,1-2H3,(H,18,19,20). The van der Waals surface area contributed by atoms with Crippen LogP contribution in [0.2, 0.25) is 5.15 Å². The molecule has 0 unspecified atom stereocenters. The molecule has 0 atom stereocenters. The lowest BCUT2D eigenvalue weighted by Crippen LogP contribution is -2.06. The Hall–Kier alpha value is -1.61. The maximum Gasteiger partial charge on any atom is 0.163 e. The van der Waals surface area contributed by atoms with Crippen molar-refractivity contribution in [1.82, 2.24) is 9.97 Å². The zero-order valence-electron chi connectivity index (χ0n) is 11.9. The monoisotopic (exact) mass is 289 g/mol. The highest BCUT2D eigenvalue weighted by atomic mass is 35.5. The predicted molar refractivity (Wildman–Crippen MR) is 85.0 cm³/mol. The molecule has 0 saturated carbocycles. The number of hydrogen-bond acceptors (Lipinski definition) is 3.